The first-order valence-corrected chi connectivity index (χ1v) is 9.09. The van der Waals surface area contributed by atoms with Crippen LogP contribution in [-0.4, -0.2) is 25.0 Å². The van der Waals surface area contributed by atoms with Gasteiger partial charge in [0.25, 0.3) is 0 Å². The Hall–Kier alpha value is -2.38. The predicted octanol–water partition coefficient (Wildman–Crippen LogP) is 5.82. The number of hydrogen-bond donors (Lipinski definition) is 0. The lowest BCUT2D eigenvalue weighted by atomic mass is 9.85. The van der Waals surface area contributed by atoms with Gasteiger partial charge in [-0.2, -0.15) is 0 Å². The summed E-state index contributed by atoms with van der Waals surface area (Å²) in [7, 11) is 2.11. The summed E-state index contributed by atoms with van der Waals surface area (Å²) in [5.74, 6) is 0.309. The Labute approximate surface area is 153 Å². The smallest absolute Gasteiger partial charge is 0.0339 e. The average Bonchev–Trinajstić information content (AvgIpc) is 2.70. The van der Waals surface area contributed by atoms with Crippen LogP contribution in [0.2, 0.25) is 0 Å². The third kappa shape index (κ3) is 5.88. The fourth-order valence-corrected chi connectivity index (χ4v) is 2.74. The van der Waals surface area contributed by atoms with Gasteiger partial charge in [0.1, 0.15) is 0 Å². The molecule has 0 aliphatic carbocycles. The molecule has 0 aliphatic heterocycles. The Morgan fingerprint density at radius 1 is 0.560 bits per heavy atom. The van der Waals surface area contributed by atoms with Crippen molar-refractivity contribution in [2.75, 3.05) is 20.1 Å². The molecule has 0 N–H and O–H groups in total. The monoisotopic (exact) mass is 331 g/mol. The minimum Gasteiger partial charge on any atom is -0.307 e. The number of rotatable bonds is 5. The maximum Gasteiger partial charge on any atom is 0.0339 e. The van der Waals surface area contributed by atoms with E-state index in [-0.39, 0.29) is 0 Å². The topological polar surface area (TPSA) is 3.24 Å². The highest BCUT2D eigenvalue weighted by atomic mass is 15.1. The second kappa shape index (κ2) is 10.5. The van der Waals surface area contributed by atoms with Gasteiger partial charge in [0, 0.05) is 5.92 Å². The summed E-state index contributed by atoms with van der Waals surface area (Å²) in [4.78, 5) is 2.25. The molecule has 0 fully saturated rings. The molecular formula is C24H29N. The van der Waals surface area contributed by atoms with Crippen molar-refractivity contribution in [3.8, 4) is 0 Å². The van der Waals surface area contributed by atoms with Crippen LogP contribution in [0.5, 0.6) is 0 Å². The molecule has 0 radical (unpaired) electrons. The third-order valence-electron chi connectivity index (χ3n) is 4.48. The molecule has 0 aromatic heterocycles. The standard InChI is InChI=1S/C19H16.C5H13N/c1-4-10-16(11-5-1)19(17-12-6-2-7-13-17)18-14-8-3-9-15-18;1-4-6(3)5-2/h1-15,19H;4-5H2,1-3H3. The van der Waals surface area contributed by atoms with Crippen LogP contribution in [0.4, 0.5) is 0 Å². The summed E-state index contributed by atoms with van der Waals surface area (Å²) in [6.07, 6.45) is 0. The maximum atomic E-state index is 2.25. The van der Waals surface area contributed by atoms with Gasteiger partial charge < -0.3 is 4.90 Å². The molecule has 3 aromatic rings. The van der Waals surface area contributed by atoms with Gasteiger partial charge in [0.05, 0.1) is 0 Å². The molecule has 3 aromatic carbocycles. The minimum atomic E-state index is 0.309. The van der Waals surface area contributed by atoms with E-state index in [1.807, 2.05) is 0 Å². The first-order valence-electron chi connectivity index (χ1n) is 9.09. The van der Waals surface area contributed by atoms with Gasteiger partial charge in [-0.1, -0.05) is 105 Å². The molecule has 3 rings (SSSR count). The Balaban J connectivity index is 0.000000326. The van der Waals surface area contributed by atoms with Gasteiger partial charge >= 0.3 is 0 Å². The van der Waals surface area contributed by atoms with Gasteiger partial charge in [0.2, 0.25) is 0 Å². The maximum absolute atomic E-state index is 2.25. The lowest BCUT2D eigenvalue weighted by Crippen LogP contribution is -2.15. The van der Waals surface area contributed by atoms with Crippen molar-refractivity contribution >= 4 is 0 Å². The van der Waals surface area contributed by atoms with Crippen LogP contribution in [0.3, 0.4) is 0 Å². The van der Waals surface area contributed by atoms with E-state index in [4.69, 9.17) is 0 Å². The first kappa shape index (κ1) is 19.0. The van der Waals surface area contributed by atoms with E-state index < -0.39 is 0 Å². The van der Waals surface area contributed by atoms with Gasteiger partial charge in [-0.15, -0.1) is 0 Å². The third-order valence-corrected chi connectivity index (χ3v) is 4.48. The van der Waals surface area contributed by atoms with Gasteiger partial charge in [-0.05, 0) is 36.8 Å². The van der Waals surface area contributed by atoms with Gasteiger partial charge in [-0.25, -0.2) is 0 Å². The number of benzene rings is 3. The molecule has 0 heterocycles. The lowest BCUT2D eigenvalue weighted by molar-refractivity contribution is 0.373. The van der Waals surface area contributed by atoms with E-state index in [2.05, 4.69) is 117 Å². The quantitative estimate of drug-likeness (QED) is 0.532. The Bertz CT molecular complexity index is 594. The Kier molecular flexibility index (Phi) is 7.94. The molecule has 0 amide bonds. The summed E-state index contributed by atoms with van der Waals surface area (Å²) in [5.41, 5.74) is 4.00. The van der Waals surface area contributed by atoms with Crippen LogP contribution in [-0.2, 0) is 0 Å². The first-order chi connectivity index (χ1) is 12.3. The van der Waals surface area contributed by atoms with Gasteiger partial charge in [-0.3, -0.25) is 0 Å². The summed E-state index contributed by atoms with van der Waals surface area (Å²) in [5, 5.41) is 0. The highest BCUT2D eigenvalue weighted by molar-refractivity contribution is 5.42. The molecule has 1 nitrogen and oxygen atoms in total. The Morgan fingerprint density at radius 2 is 0.840 bits per heavy atom. The molecule has 1 heteroatoms. The van der Waals surface area contributed by atoms with Crippen LogP contribution in [0.1, 0.15) is 36.5 Å². The van der Waals surface area contributed by atoms with Crippen LogP contribution in [0, 0.1) is 0 Å². The molecular weight excluding hydrogens is 302 g/mol. The van der Waals surface area contributed by atoms with Crippen LogP contribution in [0.25, 0.3) is 0 Å². The van der Waals surface area contributed by atoms with E-state index in [0.29, 0.717) is 5.92 Å². The van der Waals surface area contributed by atoms with Crippen molar-refractivity contribution in [2.45, 2.75) is 19.8 Å². The fourth-order valence-electron chi connectivity index (χ4n) is 2.74. The summed E-state index contributed by atoms with van der Waals surface area (Å²) < 4.78 is 0. The zero-order chi connectivity index (χ0) is 17.9. The molecule has 0 spiro atoms. The SMILES string of the molecule is CCN(C)CC.c1ccc(C(c2ccccc2)c2ccccc2)cc1. The van der Waals surface area contributed by atoms with Gasteiger partial charge in [0.15, 0.2) is 0 Å². The van der Waals surface area contributed by atoms with Crippen molar-refractivity contribution in [2.24, 2.45) is 0 Å². The van der Waals surface area contributed by atoms with E-state index in [1.54, 1.807) is 0 Å². The highest BCUT2D eigenvalue weighted by Gasteiger charge is 2.15. The average molecular weight is 332 g/mol. The minimum absolute atomic E-state index is 0.309. The van der Waals surface area contributed by atoms with Crippen LogP contribution in [0.15, 0.2) is 91.0 Å². The molecule has 0 unspecified atom stereocenters. The van der Waals surface area contributed by atoms with Crippen molar-refractivity contribution in [1.82, 2.24) is 4.90 Å². The molecule has 0 saturated carbocycles. The van der Waals surface area contributed by atoms with Crippen LogP contribution >= 0.6 is 0 Å². The molecule has 25 heavy (non-hydrogen) atoms. The summed E-state index contributed by atoms with van der Waals surface area (Å²) in [6.45, 7) is 6.64. The summed E-state index contributed by atoms with van der Waals surface area (Å²) in [6, 6.07) is 32.0. The summed E-state index contributed by atoms with van der Waals surface area (Å²) >= 11 is 0. The molecule has 0 atom stereocenters. The lowest BCUT2D eigenvalue weighted by Gasteiger charge is -2.18. The zero-order valence-corrected chi connectivity index (χ0v) is 15.6. The Morgan fingerprint density at radius 3 is 1.04 bits per heavy atom. The molecule has 0 bridgehead atoms. The molecule has 0 aliphatic rings. The predicted molar refractivity (Wildman–Crippen MR) is 109 cm³/mol. The van der Waals surface area contributed by atoms with E-state index in [0.717, 1.165) is 13.1 Å². The molecule has 130 valence electrons. The second-order valence-electron chi connectivity index (χ2n) is 6.15. The molecule has 0 saturated heterocycles. The highest BCUT2D eigenvalue weighted by Crippen LogP contribution is 2.31. The van der Waals surface area contributed by atoms with Crippen molar-refractivity contribution in [3.05, 3.63) is 108 Å². The van der Waals surface area contributed by atoms with Crippen molar-refractivity contribution in [1.29, 1.82) is 0 Å². The fraction of sp³-hybridized carbons (Fsp3) is 0.250. The van der Waals surface area contributed by atoms with E-state index >= 15 is 0 Å². The largest absolute Gasteiger partial charge is 0.307 e. The van der Waals surface area contributed by atoms with E-state index in [1.165, 1.54) is 16.7 Å². The number of hydrogen-bond acceptors (Lipinski definition) is 1. The van der Waals surface area contributed by atoms with Crippen molar-refractivity contribution in [3.63, 3.8) is 0 Å². The van der Waals surface area contributed by atoms with E-state index in [9.17, 15) is 0 Å². The second-order valence-corrected chi connectivity index (χ2v) is 6.15. The normalized spacial score (nSPS) is 10.4. The van der Waals surface area contributed by atoms with Crippen molar-refractivity contribution < 1.29 is 0 Å². The van der Waals surface area contributed by atoms with Crippen LogP contribution < -0.4 is 0 Å². The number of nitrogens with zero attached hydrogens (tertiary/aromatic N) is 1. The zero-order valence-electron chi connectivity index (χ0n) is 15.6.